The van der Waals surface area contributed by atoms with Gasteiger partial charge in [0.15, 0.2) is 5.12 Å². The van der Waals surface area contributed by atoms with Crippen LogP contribution in [0.2, 0.25) is 0 Å². The number of carbonyl (C=O) groups is 1. The lowest BCUT2D eigenvalue weighted by atomic mass is 10.1. The fourth-order valence-corrected chi connectivity index (χ4v) is 1.72. The summed E-state index contributed by atoms with van der Waals surface area (Å²) in [6, 6.07) is 0. The fourth-order valence-electron chi connectivity index (χ4n) is 1.06. The summed E-state index contributed by atoms with van der Waals surface area (Å²) in [6.07, 6.45) is -10.9. The largest absolute Gasteiger partial charge is 0.391 e. The van der Waals surface area contributed by atoms with Crippen molar-refractivity contribution in [1.82, 2.24) is 0 Å². The Morgan fingerprint density at radius 3 is 2.25 bits per heavy atom. The van der Waals surface area contributed by atoms with E-state index in [1.165, 1.54) is 6.92 Å². The summed E-state index contributed by atoms with van der Waals surface area (Å²) >= 11 is 0.876. The molecule has 96 valence electrons. The van der Waals surface area contributed by atoms with Gasteiger partial charge in [0, 0.05) is 19.1 Å². The molecule has 0 aromatic heterocycles. The Hall–Kier alpha value is -0.330. The Morgan fingerprint density at radius 1 is 1.25 bits per heavy atom. The molecule has 0 spiro atoms. The van der Waals surface area contributed by atoms with Crippen molar-refractivity contribution < 1.29 is 26.7 Å². The lowest BCUT2D eigenvalue weighted by molar-refractivity contribution is -0.147. The maximum Gasteiger partial charge on any atom is 0.391 e. The second-order valence-electron chi connectivity index (χ2n) is 3.38. The van der Waals surface area contributed by atoms with E-state index < -0.39 is 31.4 Å². The molecule has 0 heterocycles. The minimum atomic E-state index is -4.60. The van der Waals surface area contributed by atoms with E-state index >= 15 is 0 Å². The van der Waals surface area contributed by atoms with Crippen LogP contribution in [-0.2, 0) is 4.79 Å². The van der Waals surface area contributed by atoms with E-state index in [2.05, 4.69) is 0 Å². The van der Waals surface area contributed by atoms with E-state index in [0.29, 0.717) is 0 Å². The molecule has 7 heteroatoms. The molecule has 0 aliphatic carbocycles. The van der Waals surface area contributed by atoms with Gasteiger partial charge in [0.2, 0.25) is 0 Å². The van der Waals surface area contributed by atoms with E-state index in [-0.39, 0.29) is 17.3 Å². The summed E-state index contributed by atoms with van der Waals surface area (Å²) in [4.78, 5) is 10.5. The molecule has 0 aromatic rings. The van der Waals surface area contributed by atoms with Crippen LogP contribution in [0.1, 0.15) is 26.2 Å². The molecule has 0 bridgehead atoms. The topological polar surface area (TPSA) is 17.1 Å². The lowest BCUT2D eigenvalue weighted by Crippen LogP contribution is -2.19. The van der Waals surface area contributed by atoms with Gasteiger partial charge in [-0.15, -0.1) is 0 Å². The molecule has 0 aliphatic heterocycles. The Balaban J connectivity index is 3.70. The molecule has 16 heavy (non-hydrogen) atoms. The van der Waals surface area contributed by atoms with Crippen LogP contribution in [-0.4, -0.2) is 29.4 Å². The molecular formula is C9H13F5OS. The van der Waals surface area contributed by atoms with Gasteiger partial charge in [-0.2, -0.15) is 13.2 Å². The van der Waals surface area contributed by atoms with Gasteiger partial charge in [0.25, 0.3) is 0 Å². The molecule has 0 saturated heterocycles. The highest BCUT2D eigenvalue weighted by Crippen LogP contribution is 2.26. The van der Waals surface area contributed by atoms with Gasteiger partial charge in [-0.1, -0.05) is 11.8 Å². The van der Waals surface area contributed by atoms with Gasteiger partial charge < -0.3 is 0 Å². The average Bonchev–Trinajstić information content (AvgIpc) is 1.98. The standard InChI is InChI=1S/C9H13F5OS/c1-6(15)16-3-2-7(10)4-8(11)5-9(12,13)14/h7-8H,2-5H2,1H3. The van der Waals surface area contributed by atoms with Crippen LogP contribution < -0.4 is 0 Å². The fraction of sp³-hybridized carbons (Fsp3) is 0.889. The Bertz CT molecular complexity index is 218. The van der Waals surface area contributed by atoms with Crippen LogP contribution in [0.3, 0.4) is 0 Å². The molecule has 0 N–H and O–H groups in total. The van der Waals surface area contributed by atoms with Crippen molar-refractivity contribution in [2.75, 3.05) is 5.75 Å². The summed E-state index contributed by atoms with van der Waals surface area (Å²) in [7, 11) is 0. The zero-order valence-corrected chi connectivity index (χ0v) is 9.51. The van der Waals surface area contributed by atoms with Gasteiger partial charge in [-0.05, 0) is 6.42 Å². The van der Waals surface area contributed by atoms with E-state index in [9.17, 15) is 26.7 Å². The molecule has 0 saturated carbocycles. The maximum absolute atomic E-state index is 12.9. The summed E-state index contributed by atoms with van der Waals surface area (Å²) in [6.45, 7) is 1.31. The van der Waals surface area contributed by atoms with Crippen molar-refractivity contribution in [3.8, 4) is 0 Å². The van der Waals surface area contributed by atoms with Crippen LogP contribution in [0.25, 0.3) is 0 Å². The maximum atomic E-state index is 12.9. The average molecular weight is 264 g/mol. The smallest absolute Gasteiger partial charge is 0.288 e. The first-order chi connectivity index (χ1) is 7.20. The second kappa shape index (κ2) is 7.09. The molecule has 0 aliphatic rings. The van der Waals surface area contributed by atoms with Gasteiger partial charge >= 0.3 is 6.18 Å². The van der Waals surface area contributed by atoms with Gasteiger partial charge in [-0.25, -0.2) is 8.78 Å². The third-order valence-corrected chi connectivity index (χ3v) is 2.55. The van der Waals surface area contributed by atoms with Crippen LogP contribution in [0.4, 0.5) is 22.0 Å². The second-order valence-corrected chi connectivity index (χ2v) is 4.65. The minimum absolute atomic E-state index is 0.109. The van der Waals surface area contributed by atoms with E-state index in [1.807, 2.05) is 0 Å². The third-order valence-electron chi connectivity index (χ3n) is 1.70. The van der Waals surface area contributed by atoms with Gasteiger partial charge in [-0.3, -0.25) is 4.79 Å². The van der Waals surface area contributed by atoms with Crippen molar-refractivity contribution in [3.05, 3.63) is 0 Å². The van der Waals surface area contributed by atoms with Crippen molar-refractivity contribution in [2.45, 2.75) is 44.7 Å². The molecule has 0 fully saturated rings. The highest BCUT2D eigenvalue weighted by molar-refractivity contribution is 8.13. The predicted octanol–water partition coefficient (Wildman–Crippen LogP) is 3.67. The van der Waals surface area contributed by atoms with Crippen molar-refractivity contribution in [3.63, 3.8) is 0 Å². The van der Waals surface area contributed by atoms with Crippen LogP contribution in [0, 0.1) is 0 Å². The molecule has 0 radical (unpaired) electrons. The molecule has 0 rings (SSSR count). The summed E-state index contributed by atoms with van der Waals surface area (Å²) in [5.74, 6) is 0.162. The van der Waals surface area contributed by atoms with Crippen LogP contribution in [0.5, 0.6) is 0 Å². The van der Waals surface area contributed by atoms with Crippen LogP contribution >= 0.6 is 11.8 Å². The third kappa shape index (κ3) is 10.2. The predicted molar refractivity (Wildman–Crippen MR) is 52.8 cm³/mol. The number of halogens is 5. The summed E-state index contributed by atoms with van der Waals surface area (Å²) < 4.78 is 60.8. The zero-order valence-electron chi connectivity index (χ0n) is 8.69. The number of hydrogen-bond acceptors (Lipinski definition) is 2. The normalized spacial score (nSPS) is 15.9. The Labute approximate surface area is 94.8 Å². The molecule has 0 aromatic carbocycles. The zero-order chi connectivity index (χ0) is 12.8. The number of rotatable bonds is 6. The molecule has 2 atom stereocenters. The molecular weight excluding hydrogens is 251 g/mol. The Morgan fingerprint density at radius 2 is 1.81 bits per heavy atom. The van der Waals surface area contributed by atoms with Crippen molar-refractivity contribution in [2.24, 2.45) is 0 Å². The minimum Gasteiger partial charge on any atom is -0.288 e. The number of hydrogen-bond donors (Lipinski definition) is 0. The van der Waals surface area contributed by atoms with Crippen LogP contribution in [0.15, 0.2) is 0 Å². The quantitative estimate of drug-likeness (QED) is 0.681. The molecule has 0 amide bonds. The van der Waals surface area contributed by atoms with E-state index in [0.717, 1.165) is 11.8 Å². The van der Waals surface area contributed by atoms with E-state index in [4.69, 9.17) is 0 Å². The van der Waals surface area contributed by atoms with Crippen molar-refractivity contribution >= 4 is 16.9 Å². The molecule has 2 unspecified atom stereocenters. The first-order valence-electron chi connectivity index (χ1n) is 4.69. The van der Waals surface area contributed by atoms with Gasteiger partial charge in [0.05, 0.1) is 6.42 Å². The first-order valence-corrected chi connectivity index (χ1v) is 5.67. The van der Waals surface area contributed by atoms with E-state index in [1.54, 1.807) is 0 Å². The van der Waals surface area contributed by atoms with Gasteiger partial charge in [0.1, 0.15) is 12.3 Å². The monoisotopic (exact) mass is 264 g/mol. The Kier molecular flexibility index (Phi) is 6.94. The molecule has 1 nitrogen and oxygen atoms in total. The number of thioether (sulfide) groups is 1. The first kappa shape index (κ1) is 15.7. The highest BCUT2D eigenvalue weighted by atomic mass is 32.2. The summed E-state index contributed by atoms with van der Waals surface area (Å²) in [5, 5.41) is -0.195. The highest BCUT2D eigenvalue weighted by Gasteiger charge is 2.33. The SMILES string of the molecule is CC(=O)SCCC(F)CC(F)CC(F)(F)F. The summed E-state index contributed by atoms with van der Waals surface area (Å²) in [5.41, 5.74) is 0. The lowest BCUT2D eigenvalue weighted by Gasteiger charge is -2.13. The van der Waals surface area contributed by atoms with Crippen molar-refractivity contribution in [1.29, 1.82) is 0 Å². The number of alkyl halides is 5. The number of carbonyl (C=O) groups excluding carboxylic acids is 1.